The average Bonchev–Trinajstić information content (AvgIpc) is 3.35. The Hall–Kier alpha value is -2.13. The fourth-order valence-electron chi connectivity index (χ4n) is 4.16. The minimum atomic E-state index is 0.187. The van der Waals surface area contributed by atoms with Gasteiger partial charge in [-0.3, -0.25) is 9.69 Å². The lowest BCUT2D eigenvalue weighted by Crippen LogP contribution is -2.27. The van der Waals surface area contributed by atoms with Crippen LogP contribution in [0, 0.1) is 0 Å². The third-order valence-corrected chi connectivity index (χ3v) is 5.53. The third-order valence-electron chi connectivity index (χ3n) is 5.53. The molecule has 130 valence electrons. The van der Waals surface area contributed by atoms with Crippen molar-refractivity contribution in [2.24, 2.45) is 0 Å². The SMILES string of the molecule is O=C(c1ccc(CN2CCCC2c2ccccc2)cc1)N1CCCC1. The molecule has 25 heavy (non-hydrogen) atoms. The summed E-state index contributed by atoms with van der Waals surface area (Å²) in [4.78, 5) is 17.0. The van der Waals surface area contributed by atoms with Crippen molar-refractivity contribution < 1.29 is 4.79 Å². The first-order chi connectivity index (χ1) is 12.3. The van der Waals surface area contributed by atoms with E-state index in [1.54, 1.807) is 0 Å². The zero-order valence-electron chi connectivity index (χ0n) is 14.7. The highest BCUT2D eigenvalue weighted by atomic mass is 16.2. The summed E-state index contributed by atoms with van der Waals surface area (Å²) in [6.45, 7) is 3.92. The number of carbonyl (C=O) groups excluding carboxylic acids is 1. The van der Waals surface area contributed by atoms with Gasteiger partial charge in [-0.05, 0) is 55.5 Å². The second kappa shape index (κ2) is 7.40. The highest BCUT2D eigenvalue weighted by Gasteiger charge is 2.26. The summed E-state index contributed by atoms with van der Waals surface area (Å²) in [6.07, 6.45) is 4.76. The lowest BCUT2D eigenvalue weighted by Gasteiger charge is -2.25. The molecule has 2 saturated heterocycles. The number of hydrogen-bond donors (Lipinski definition) is 0. The first-order valence-electron chi connectivity index (χ1n) is 9.48. The molecule has 1 atom stereocenters. The van der Waals surface area contributed by atoms with Crippen molar-refractivity contribution in [1.29, 1.82) is 0 Å². The largest absolute Gasteiger partial charge is 0.339 e. The number of carbonyl (C=O) groups is 1. The molecule has 2 aromatic carbocycles. The Morgan fingerprint density at radius 3 is 2.32 bits per heavy atom. The maximum atomic E-state index is 12.5. The van der Waals surface area contributed by atoms with Crippen molar-refractivity contribution in [3.63, 3.8) is 0 Å². The van der Waals surface area contributed by atoms with Crippen LogP contribution in [-0.2, 0) is 6.54 Å². The van der Waals surface area contributed by atoms with Gasteiger partial charge in [0, 0.05) is 31.2 Å². The van der Waals surface area contributed by atoms with Gasteiger partial charge in [0.25, 0.3) is 5.91 Å². The van der Waals surface area contributed by atoms with Crippen LogP contribution < -0.4 is 0 Å². The average molecular weight is 334 g/mol. The number of rotatable bonds is 4. The van der Waals surface area contributed by atoms with Gasteiger partial charge in [-0.25, -0.2) is 0 Å². The quantitative estimate of drug-likeness (QED) is 0.834. The maximum Gasteiger partial charge on any atom is 0.253 e. The zero-order chi connectivity index (χ0) is 17.1. The van der Waals surface area contributed by atoms with Crippen LogP contribution in [0.5, 0.6) is 0 Å². The van der Waals surface area contributed by atoms with Crippen molar-refractivity contribution in [2.75, 3.05) is 19.6 Å². The highest BCUT2D eigenvalue weighted by Crippen LogP contribution is 2.33. The van der Waals surface area contributed by atoms with Gasteiger partial charge in [0.1, 0.15) is 0 Å². The van der Waals surface area contributed by atoms with Crippen LogP contribution in [0.2, 0.25) is 0 Å². The second-order valence-electron chi connectivity index (χ2n) is 7.24. The molecule has 0 N–H and O–H groups in total. The van der Waals surface area contributed by atoms with E-state index in [1.807, 2.05) is 17.0 Å². The van der Waals surface area contributed by atoms with E-state index < -0.39 is 0 Å². The molecule has 2 fully saturated rings. The van der Waals surface area contributed by atoms with Gasteiger partial charge in [-0.1, -0.05) is 42.5 Å². The molecule has 2 aliphatic rings. The molecule has 2 aliphatic heterocycles. The molecule has 1 unspecified atom stereocenters. The molecule has 3 heteroatoms. The monoisotopic (exact) mass is 334 g/mol. The topological polar surface area (TPSA) is 23.6 Å². The van der Waals surface area contributed by atoms with E-state index in [2.05, 4.69) is 47.4 Å². The van der Waals surface area contributed by atoms with E-state index in [9.17, 15) is 4.79 Å². The molecule has 0 radical (unpaired) electrons. The minimum Gasteiger partial charge on any atom is -0.339 e. The smallest absolute Gasteiger partial charge is 0.253 e. The van der Waals surface area contributed by atoms with Gasteiger partial charge in [0.2, 0.25) is 0 Å². The fourth-order valence-corrected chi connectivity index (χ4v) is 4.16. The lowest BCUT2D eigenvalue weighted by molar-refractivity contribution is 0.0793. The van der Waals surface area contributed by atoms with Crippen LogP contribution in [-0.4, -0.2) is 35.3 Å². The van der Waals surface area contributed by atoms with Gasteiger partial charge < -0.3 is 4.90 Å². The standard InChI is InChI=1S/C22H26N2O/c25-22(23-14-4-5-15-23)20-12-10-18(11-13-20)17-24-16-6-9-21(24)19-7-2-1-3-8-19/h1-3,7-8,10-13,21H,4-6,9,14-17H2. The number of amides is 1. The first kappa shape index (κ1) is 16.3. The summed E-state index contributed by atoms with van der Waals surface area (Å²) in [6, 6.07) is 19.6. The van der Waals surface area contributed by atoms with E-state index in [0.29, 0.717) is 6.04 Å². The van der Waals surface area contributed by atoms with Crippen molar-refractivity contribution in [3.05, 3.63) is 71.3 Å². The van der Waals surface area contributed by atoms with Crippen LogP contribution in [0.15, 0.2) is 54.6 Å². The Bertz CT molecular complexity index is 705. The van der Waals surface area contributed by atoms with Gasteiger partial charge in [-0.2, -0.15) is 0 Å². The molecule has 2 aromatic rings. The molecule has 0 spiro atoms. The predicted molar refractivity (Wildman–Crippen MR) is 100 cm³/mol. The second-order valence-corrected chi connectivity index (χ2v) is 7.24. The van der Waals surface area contributed by atoms with Crippen molar-refractivity contribution in [3.8, 4) is 0 Å². The Morgan fingerprint density at radius 1 is 0.880 bits per heavy atom. The van der Waals surface area contributed by atoms with Gasteiger partial charge in [0.05, 0.1) is 0 Å². The molecule has 2 heterocycles. The summed E-state index contributed by atoms with van der Waals surface area (Å²) < 4.78 is 0. The summed E-state index contributed by atoms with van der Waals surface area (Å²) in [5, 5.41) is 0. The Morgan fingerprint density at radius 2 is 1.60 bits per heavy atom. The molecule has 4 rings (SSSR count). The number of nitrogens with zero attached hydrogens (tertiary/aromatic N) is 2. The molecule has 0 bridgehead atoms. The van der Waals surface area contributed by atoms with Crippen molar-refractivity contribution in [2.45, 2.75) is 38.3 Å². The maximum absolute atomic E-state index is 12.5. The van der Waals surface area contributed by atoms with E-state index in [0.717, 1.165) is 44.6 Å². The Kier molecular flexibility index (Phi) is 4.84. The Labute approximate surface area is 150 Å². The predicted octanol–water partition coefficient (Wildman–Crippen LogP) is 4.26. The number of benzene rings is 2. The molecule has 0 saturated carbocycles. The van der Waals surface area contributed by atoms with Crippen LogP contribution in [0.3, 0.4) is 0 Å². The van der Waals surface area contributed by atoms with E-state index >= 15 is 0 Å². The molecule has 0 aliphatic carbocycles. The van der Waals surface area contributed by atoms with Crippen LogP contribution in [0.4, 0.5) is 0 Å². The Balaban J connectivity index is 1.43. The summed E-state index contributed by atoms with van der Waals surface area (Å²) in [5.74, 6) is 0.187. The van der Waals surface area contributed by atoms with Crippen molar-refractivity contribution >= 4 is 5.91 Å². The molecule has 1 amide bonds. The summed E-state index contributed by atoms with van der Waals surface area (Å²) >= 11 is 0. The van der Waals surface area contributed by atoms with Gasteiger partial charge in [0.15, 0.2) is 0 Å². The normalized spacial score (nSPS) is 21.0. The minimum absolute atomic E-state index is 0.187. The molecule has 3 nitrogen and oxygen atoms in total. The molecular weight excluding hydrogens is 308 g/mol. The van der Waals surface area contributed by atoms with Crippen LogP contribution >= 0.6 is 0 Å². The van der Waals surface area contributed by atoms with Crippen LogP contribution in [0.1, 0.15) is 53.2 Å². The van der Waals surface area contributed by atoms with Crippen molar-refractivity contribution in [1.82, 2.24) is 9.80 Å². The van der Waals surface area contributed by atoms with Crippen LogP contribution in [0.25, 0.3) is 0 Å². The molecule has 0 aromatic heterocycles. The number of likely N-dealkylation sites (tertiary alicyclic amines) is 2. The van der Waals surface area contributed by atoms with E-state index in [-0.39, 0.29) is 5.91 Å². The lowest BCUT2D eigenvalue weighted by atomic mass is 10.0. The fraction of sp³-hybridized carbons (Fsp3) is 0.409. The van der Waals surface area contributed by atoms with Gasteiger partial charge >= 0.3 is 0 Å². The van der Waals surface area contributed by atoms with E-state index in [1.165, 1.54) is 24.0 Å². The van der Waals surface area contributed by atoms with Gasteiger partial charge in [-0.15, -0.1) is 0 Å². The highest BCUT2D eigenvalue weighted by molar-refractivity contribution is 5.94. The summed E-state index contributed by atoms with van der Waals surface area (Å²) in [7, 11) is 0. The number of hydrogen-bond acceptors (Lipinski definition) is 2. The zero-order valence-corrected chi connectivity index (χ0v) is 14.7. The summed E-state index contributed by atoms with van der Waals surface area (Å²) in [5.41, 5.74) is 3.54. The first-order valence-corrected chi connectivity index (χ1v) is 9.48. The molecular formula is C22H26N2O. The third kappa shape index (κ3) is 3.62. The van der Waals surface area contributed by atoms with E-state index in [4.69, 9.17) is 0 Å².